The summed E-state index contributed by atoms with van der Waals surface area (Å²) < 4.78 is 1.89. The third-order valence-corrected chi connectivity index (χ3v) is 4.68. The van der Waals surface area contributed by atoms with E-state index in [1.165, 1.54) is 6.08 Å². The fourth-order valence-electron chi connectivity index (χ4n) is 2.91. The third-order valence-electron chi connectivity index (χ3n) is 4.68. The first-order chi connectivity index (χ1) is 12.7. The number of aromatic nitrogens is 3. The van der Waals surface area contributed by atoms with E-state index < -0.39 is 0 Å². The number of hydrogen-bond acceptors (Lipinski definition) is 4. The molecule has 2 fully saturated rings. The molecule has 2 amide bonds. The number of amides is 2. The van der Waals surface area contributed by atoms with Crippen LogP contribution in [0, 0.1) is 5.92 Å². The number of rotatable bonds is 7. The third kappa shape index (κ3) is 3.51. The first kappa shape index (κ1) is 16.5. The van der Waals surface area contributed by atoms with E-state index in [0.29, 0.717) is 24.0 Å². The van der Waals surface area contributed by atoms with Crippen molar-refractivity contribution in [3.63, 3.8) is 0 Å². The number of hydrogen-bond donors (Lipinski definition) is 1. The zero-order chi connectivity index (χ0) is 18.1. The number of benzene rings is 1. The van der Waals surface area contributed by atoms with Crippen LogP contribution in [0.4, 0.5) is 11.4 Å². The van der Waals surface area contributed by atoms with E-state index >= 15 is 0 Å². The van der Waals surface area contributed by atoms with E-state index in [2.05, 4.69) is 22.2 Å². The quantitative estimate of drug-likeness (QED) is 0.778. The Kier molecular flexibility index (Phi) is 4.28. The Morgan fingerprint density at radius 1 is 1.31 bits per heavy atom. The highest BCUT2D eigenvalue weighted by Crippen LogP contribution is 2.35. The molecule has 1 aromatic carbocycles. The van der Waals surface area contributed by atoms with Gasteiger partial charge in [-0.2, -0.15) is 0 Å². The topological polar surface area (TPSA) is 80.1 Å². The second-order valence-corrected chi connectivity index (χ2v) is 6.84. The van der Waals surface area contributed by atoms with Crippen LogP contribution in [0.25, 0.3) is 0 Å². The molecule has 0 unspecified atom stereocenters. The molecule has 2 aliphatic carbocycles. The highest BCUT2D eigenvalue weighted by molar-refractivity contribution is 6.01. The van der Waals surface area contributed by atoms with Crippen molar-refractivity contribution in [1.82, 2.24) is 15.0 Å². The van der Waals surface area contributed by atoms with E-state index in [1.807, 2.05) is 28.9 Å². The molecule has 1 N–H and O–H groups in total. The molecule has 0 saturated heterocycles. The van der Waals surface area contributed by atoms with Gasteiger partial charge in [-0.3, -0.25) is 9.59 Å². The molecular formula is C19H21N5O2. The van der Waals surface area contributed by atoms with E-state index in [-0.39, 0.29) is 17.7 Å². The number of nitrogens with one attached hydrogen (secondary N) is 1. The number of nitrogens with zero attached hydrogens (tertiary/aromatic N) is 4. The van der Waals surface area contributed by atoms with Crippen LogP contribution in [-0.4, -0.2) is 26.8 Å². The highest BCUT2D eigenvalue weighted by Gasteiger charge is 2.30. The fourth-order valence-corrected chi connectivity index (χ4v) is 2.91. The maximum atomic E-state index is 12.5. The molecule has 0 spiro atoms. The van der Waals surface area contributed by atoms with E-state index in [1.54, 1.807) is 11.1 Å². The van der Waals surface area contributed by atoms with Crippen molar-refractivity contribution < 1.29 is 9.59 Å². The lowest BCUT2D eigenvalue weighted by Crippen LogP contribution is -2.29. The second kappa shape index (κ2) is 6.74. The van der Waals surface area contributed by atoms with Crippen LogP contribution in [-0.2, 0) is 16.1 Å². The molecule has 0 bridgehead atoms. The molecule has 26 heavy (non-hydrogen) atoms. The molecule has 2 saturated carbocycles. The molecule has 4 rings (SSSR count). The van der Waals surface area contributed by atoms with Crippen molar-refractivity contribution >= 4 is 23.2 Å². The fraction of sp³-hybridized carbons (Fsp3) is 0.368. The lowest BCUT2D eigenvalue weighted by atomic mass is 10.2. The summed E-state index contributed by atoms with van der Waals surface area (Å²) in [5, 5.41) is 11.1. The molecule has 2 aliphatic rings. The van der Waals surface area contributed by atoms with Gasteiger partial charge in [-0.15, -0.1) is 5.10 Å². The van der Waals surface area contributed by atoms with E-state index in [9.17, 15) is 9.59 Å². The summed E-state index contributed by atoms with van der Waals surface area (Å²) in [4.78, 5) is 26.1. The van der Waals surface area contributed by atoms with Crippen molar-refractivity contribution in [1.29, 1.82) is 0 Å². The zero-order valence-electron chi connectivity index (χ0n) is 14.5. The van der Waals surface area contributed by atoms with E-state index in [4.69, 9.17) is 0 Å². The van der Waals surface area contributed by atoms with Crippen LogP contribution < -0.4 is 10.2 Å². The summed E-state index contributed by atoms with van der Waals surface area (Å²) in [6.45, 7) is 3.96. The minimum Gasteiger partial charge on any atom is -0.326 e. The summed E-state index contributed by atoms with van der Waals surface area (Å²) in [6, 6.07) is 7.71. The predicted molar refractivity (Wildman–Crippen MR) is 97.5 cm³/mol. The first-order valence-corrected chi connectivity index (χ1v) is 8.89. The second-order valence-electron chi connectivity index (χ2n) is 6.84. The smallest absolute Gasteiger partial charge is 0.250 e. The van der Waals surface area contributed by atoms with Crippen LogP contribution >= 0.6 is 0 Å². The maximum absolute atomic E-state index is 12.5. The molecule has 1 heterocycles. The zero-order valence-corrected chi connectivity index (χ0v) is 14.5. The molecule has 134 valence electrons. The maximum Gasteiger partial charge on any atom is 0.250 e. The molecule has 0 atom stereocenters. The molecule has 0 aliphatic heterocycles. The Labute approximate surface area is 151 Å². The Morgan fingerprint density at radius 2 is 2.12 bits per heavy atom. The number of carbonyl (C=O) groups excluding carboxylic acids is 2. The Balaban J connectivity index is 1.57. The average molecular weight is 351 g/mol. The minimum absolute atomic E-state index is 0.0414. The summed E-state index contributed by atoms with van der Waals surface area (Å²) in [5.41, 5.74) is 2.28. The van der Waals surface area contributed by atoms with Crippen molar-refractivity contribution in [2.24, 2.45) is 5.92 Å². The van der Waals surface area contributed by atoms with Crippen LogP contribution in [0.15, 0.2) is 43.1 Å². The summed E-state index contributed by atoms with van der Waals surface area (Å²) in [5.74, 6) is -0.0393. The SMILES string of the molecule is C=CC(=O)N(Cc1cnnn1C1CC1)c1cccc(NC(=O)C2CC2)c1. The van der Waals surface area contributed by atoms with Gasteiger partial charge >= 0.3 is 0 Å². The van der Waals surface area contributed by atoms with Crippen molar-refractivity contribution in [2.45, 2.75) is 38.3 Å². The predicted octanol–water partition coefficient (Wildman–Crippen LogP) is 2.68. The van der Waals surface area contributed by atoms with Crippen LogP contribution in [0.3, 0.4) is 0 Å². The van der Waals surface area contributed by atoms with Gasteiger partial charge in [0.05, 0.1) is 24.5 Å². The van der Waals surface area contributed by atoms with Gasteiger partial charge in [-0.25, -0.2) is 4.68 Å². The van der Waals surface area contributed by atoms with Gasteiger partial charge < -0.3 is 10.2 Å². The molecule has 7 heteroatoms. The molecular weight excluding hydrogens is 330 g/mol. The van der Waals surface area contributed by atoms with Crippen LogP contribution in [0.5, 0.6) is 0 Å². The van der Waals surface area contributed by atoms with Crippen LogP contribution in [0.2, 0.25) is 0 Å². The molecule has 0 radical (unpaired) electrons. The summed E-state index contributed by atoms with van der Waals surface area (Å²) in [7, 11) is 0. The van der Waals surface area contributed by atoms with Crippen molar-refractivity contribution in [2.75, 3.05) is 10.2 Å². The molecule has 2 aromatic rings. The molecule has 1 aromatic heterocycles. The highest BCUT2D eigenvalue weighted by atomic mass is 16.2. The van der Waals surface area contributed by atoms with Gasteiger partial charge in [0.1, 0.15) is 0 Å². The van der Waals surface area contributed by atoms with Crippen molar-refractivity contribution in [3.8, 4) is 0 Å². The largest absolute Gasteiger partial charge is 0.326 e. The molecule has 7 nitrogen and oxygen atoms in total. The lowest BCUT2D eigenvalue weighted by molar-refractivity contribution is -0.117. The minimum atomic E-state index is -0.209. The Hall–Kier alpha value is -2.96. The van der Waals surface area contributed by atoms with Crippen LogP contribution in [0.1, 0.15) is 37.4 Å². The average Bonchev–Trinajstić information content (AvgIpc) is 3.57. The van der Waals surface area contributed by atoms with Gasteiger partial charge in [0.25, 0.3) is 5.91 Å². The van der Waals surface area contributed by atoms with Gasteiger partial charge in [-0.1, -0.05) is 17.9 Å². The number of anilines is 2. The van der Waals surface area contributed by atoms with Gasteiger partial charge in [-0.05, 0) is 50.0 Å². The first-order valence-electron chi connectivity index (χ1n) is 8.89. The van der Waals surface area contributed by atoms with Gasteiger partial charge in [0.15, 0.2) is 0 Å². The van der Waals surface area contributed by atoms with E-state index in [0.717, 1.165) is 31.4 Å². The normalized spacial score (nSPS) is 16.2. The summed E-state index contributed by atoms with van der Waals surface area (Å²) >= 11 is 0. The van der Waals surface area contributed by atoms with Gasteiger partial charge in [0, 0.05) is 17.3 Å². The summed E-state index contributed by atoms with van der Waals surface area (Å²) in [6.07, 6.45) is 7.07. The monoisotopic (exact) mass is 351 g/mol. The number of carbonyl (C=O) groups is 2. The standard InChI is InChI=1S/C19H21N5O2/c1-2-18(25)23(12-17-11-20-22-24(17)15-8-9-15)16-5-3-4-14(10-16)21-19(26)13-6-7-13/h2-5,10-11,13,15H,1,6-9,12H2,(H,21,26). The van der Waals surface area contributed by atoms with Crippen molar-refractivity contribution in [3.05, 3.63) is 48.8 Å². The Bertz CT molecular complexity index is 851. The van der Waals surface area contributed by atoms with Gasteiger partial charge in [0.2, 0.25) is 5.91 Å². The Morgan fingerprint density at radius 3 is 2.81 bits per heavy atom. The lowest BCUT2D eigenvalue weighted by Gasteiger charge is -2.22.